The maximum Gasteiger partial charge on any atom is 0.167 e. The number of hydrogen-bond donors (Lipinski definition) is 1. The van der Waals surface area contributed by atoms with Crippen LogP contribution in [0.15, 0.2) is 12.1 Å². The van der Waals surface area contributed by atoms with Crippen molar-refractivity contribution in [2.24, 2.45) is 11.7 Å². The van der Waals surface area contributed by atoms with Gasteiger partial charge in [0, 0.05) is 23.2 Å². The molecule has 1 saturated heterocycles. The molecule has 20 heavy (non-hydrogen) atoms. The fourth-order valence-corrected chi connectivity index (χ4v) is 3.21. The second-order valence-electron chi connectivity index (χ2n) is 5.22. The fraction of sp³-hybridized carbons (Fsp3) is 0.600. The Labute approximate surface area is 125 Å². The number of hydrogen-bond acceptors (Lipinski definition) is 4. The largest absolute Gasteiger partial charge is 0.493 e. The summed E-state index contributed by atoms with van der Waals surface area (Å²) in [4.78, 5) is 2.29. The lowest BCUT2D eigenvalue weighted by molar-refractivity contribution is 0.278. The quantitative estimate of drug-likeness (QED) is 0.908. The summed E-state index contributed by atoms with van der Waals surface area (Å²) in [6, 6.07) is 3.96. The van der Waals surface area contributed by atoms with Crippen molar-refractivity contribution < 1.29 is 9.47 Å². The van der Waals surface area contributed by atoms with E-state index in [1.54, 1.807) is 7.11 Å². The highest BCUT2D eigenvalue weighted by molar-refractivity contribution is 6.31. The van der Waals surface area contributed by atoms with Gasteiger partial charge in [0.25, 0.3) is 0 Å². The summed E-state index contributed by atoms with van der Waals surface area (Å²) < 4.78 is 11.2. The van der Waals surface area contributed by atoms with Crippen molar-refractivity contribution in [1.82, 2.24) is 4.90 Å². The summed E-state index contributed by atoms with van der Waals surface area (Å²) >= 11 is 6.44. The Morgan fingerprint density at radius 2 is 2.20 bits per heavy atom. The highest BCUT2D eigenvalue weighted by Gasteiger charge is 2.34. The Balaban J connectivity index is 2.44. The predicted octanol–water partition coefficient (Wildman–Crippen LogP) is 2.70. The van der Waals surface area contributed by atoms with Gasteiger partial charge in [0.2, 0.25) is 0 Å². The molecule has 1 fully saturated rings. The first-order chi connectivity index (χ1) is 9.62. The van der Waals surface area contributed by atoms with E-state index in [9.17, 15) is 0 Å². The number of nitrogens with two attached hydrogens (primary N) is 1. The zero-order valence-corrected chi connectivity index (χ0v) is 13.1. The molecule has 2 unspecified atom stereocenters. The van der Waals surface area contributed by atoms with Gasteiger partial charge in [-0.05, 0) is 45.0 Å². The van der Waals surface area contributed by atoms with Gasteiger partial charge in [-0.15, -0.1) is 0 Å². The first-order valence-corrected chi connectivity index (χ1v) is 7.39. The Bertz CT molecular complexity index is 467. The Kier molecular flexibility index (Phi) is 5.13. The SMILES string of the molecule is CCOc1c(OC)ccc(Cl)c1C1CC(CN)CN1C. The van der Waals surface area contributed by atoms with Crippen molar-refractivity contribution in [1.29, 1.82) is 0 Å². The van der Waals surface area contributed by atoms with Crippen LogP contribution in [0.5, 0.6) is 11.5 Å². The van der Waals surface area contributed by atoms with Crippen LogP contribution in [-0.4, -0.2) is 38.8 Å². The van der Waals surface area contributed by atoms with Crippen LogP contribution in [0, 0.1) is 5.92 Å². The van der Waals surface area contributed by atoms with E-state index >= 15 is 0 Å². The Hall–Kier alpha value is -0.970. The molecule has 0 aromatic heterocycles. The Morgan fingerprint density at radius 3 is 2.75 bits per heavy atom. The molecule has 1 aliphatic heterocycles. The molecule has 1 aliphatic rings. The van der Waals surface area contributed by atoms with Crippen LogP contribution in [0.2, 0.25) is 5.02 Å². The first kappa shape index (κ1) is 15.4. The smallest absolute Gasteiger partial charge is 0.167 e. The standard InChI is InChI=1S/C15H23ClN2O2/c1-4-20-15-13(19-3)6-5-11(16)14(15)12-7-10(8-17)9-18(12)2/h5-6,10,12H,4,7-9,17H2,1-3H3. The molecule has 2 N–H and O–H groups in total. The molecular weight excluding hydrogens is 276 g/mol. The highest BCUT2D eigenvalue weighted by Crippen LogP contribution is 2.45. The molecule has 1 aromatic rings. The number of halogens is 1. The van der Waals surface area contributed by atoms with Crippen LogP contribution in [0.25, 0.3) is 0 Å². The van der Waals surface area contributed by atoms with Gasteiger partial charge in [0.1, 0.15) is 0 Å². The van der Waals surface area contributed by atoms with Gasteiger partial charge < -0.3 is 15.2 Å². The number of ether oxygens (including phenoxy) is 2. The maximum absolute atomic E-state index is 6.44. The average Bonchev–Trinajstić information content (AvgIpc) is 2.81. The van der Waals surface area contributed by atoms with Gasteiger partial charge in [-0.3, -0.25) is 4.90 Å². The molecule has 0 spiro atoms. The number of rotatable bonds is 5. The first-order valence-electron chi connectivity index (χ1n) is 7.01. The third-order valence-electron chi connectivity index (χ3n) is 3.92. The molecule has 0 bridgehead atoms. The molecule has 0 amide bonds. The van der Waals surface area contributed by atoms with Crippen LogP contribution in [0.1, 0.15) is 24.9 Å². The minimum absolute atomic E-state index is 0.229. The van der Waals surface area contributed by atoms with Crippen molar-refractivity contribution in [3.8, 4) is 11.5 Å². The van der Waals surface area contributed by atoms with E-state index in [2.05, 4.69) is 11.9 Å². The van der Waals surface area contributed by atoms with Crippen LogP contribution in [-0.2, 0) is 0 Å². The minimum Gasteiger partial charge on any atom is -0.493 e. The molecule has 112 valence electrons. The van der Waals surface area contributed by atoms with Crippen LogP contribution in [0.3, 0.4) is 0 Å². The van der Waals surface area contributed by atoms with Gasteiger partial charge in [-0.25, -0.2) is 0 Å². The van der Waals surface area contributed by atoms with E-state index in [0.29, 0.717) is 19.1 Å². The van der Waals surface area contributed by atoms with Gasteiger partial charge in [0.05, 0.1) is 13.7 Å². The predicted molar refractivity (Wildman–Crippen MR) is 81.7 cm³/mol. The van der Waals surface area contributed by atoms with E-state index < -0.39 is 0 Å². The topological polar surface area (TPSA) is 47.7 Å². The molecule has 0 saturated carbocycles. The Morgan fingerprint density at radius 1 is 1.45 bits per heavy atom. The maximum atomic E-state index is 6.44. The third-order valence-corrected chi connectivity index (χ3v) is 4.25. The lowest BCUT2D eigenvalue weighted by Gasteiger charge is -2.24. The molecule has 2 atom stereocenters. The normalized spacial score (nSPS) is 23.1. The summed E-state index contributed by atoms with van der Waals surface area (Å²) in [5, 5.41) is 0.726. The lowest BCUT2D eigenvalue weighted by atomic mass is 9.98. The molecule has 0 radical (unpaired) electrons. The molecule has 2 rings (SSSR count). The van der Waals surface area contributed by atoms with E-state index in [-0.39, 0.29) is 6.04 Å². The van der Waals surface area contributed by atoms with Crippen LogP contribution in [0.4, 0.5) is 0 Å². The van der Waals surface area contributed by atoms with Crippen molar-refractivity contribution in [3.63, 3.8) is 0 Å². The van der Waals surface area contributed by atoms with Crippen molar-refractivity contribution >= 4 is 11.6 Å². The molecule has 1 heterocycles. The van der Waals surface area contributed by atoms with E-state index in [0.717, 1.165) is 35.1 Å². The highest BCUT2D eigenvalue weighted by atomic mass is 35.5. The number of benzene rings is 1. The average molecular weight is 299 g/mol. The second kappa shape index (κ2) is 6.66. The van der Waals surface area contributed by atoms with E-state index in [1.807, 2.05) is 19.1 Å². The second-order valence-corrected chi connectivity index (χ2v) is 5.63. The summed E-state index contributed by atoms with van der Waals surface area (Å²) in [5.74, 6) is 2.00. The fourth-order valence-electron chi connectivity index (χ4n) is 2.93. The number of nitrogens with zero attached hydrogens (tertiary/aromatic N) is 1. The molecule has 5 heteroatoms. The number of methoxy groups -OCH3 is 1. The van der Waals surface area contributed by atoms with Crippen molar-refractivity contribution in [2.75, 3.05) is 33.9 Å². The zero-order chi connectivity index (χ0) is 14.7. The molecular formula is C15H23ClN2O2. The van der Waals surface area contributed by atoms with Gasteiger partial charge in [-0.1, -0.05) is 11.6 Å². The third kappa shape index (κ3) is 2.87. The van der Waals surface area contributed by atoms with E-state index in [4.69, 9.17) is 26.8 Å². The van der Waals surface area contributed by atoms with Crippen LogP contribution < -0.4 is 15.2 Å². The summed E-state index contributed by atoms with van der Waals surface area (Å²) in [6.07, 6.45) is 1.000. The van der Waals surface area contributed by atoms with Gasteiger partial charge in [-0.2, -0.15) is 0 Å². The molecule has 1 aromatic carbocycles. The zero-order valence-electron chi connectivity index (χ0n) is 12.4. The summed E-state index contributed by atoms with van der Waals surface area (Å²) in [5.41, 5.74) is 6.83. The minimum atomic E-state index is 0.229. The monoisotopic (exact) mass is 298 g/mol. The van der Waals surface area contributed by atoms with E-state index in [1.165, 1.54) is 0 Å². The molecule has 4 nitrogen and oxygen atoms in total. The van der Waals surface area contributed by atoms with Crippen molar-refractivity contribution in [3.05, 3.63) is 22.7 Å². The lowest BCUT2D eigenvalue weighted by Crippen LogP contribution is -2.21. The van der Waals surface area contributed by atoms with Crippen molar-refractivity contribution in [2.45, 2.75) is 19.4 Å². The summed E-state index contributed by atoms with van der Waals surface area (Å²) in [7, 11) is 3.75. The summed E-state index contributed by atoms with van der Waals surface area (Å²) in [6.45, 7) is 4.23. The number of likely N-dealkylation sites (tertiary alicyclic amines) is 1. The molecule has 0 aliphatic carbocycles. The van der Waals surface area contributed by atoms with Gasteiger partial charge >= 0.3 is 0 Å². The van der Waals surface area contributed by atoms with Crippen LogP contribution >= 0.6 is 11.6 Å². The van der Waals surface area contributed by atoms with Gasteiger partial charge in [0.15, 0.2) is 11.5 Å².